The van der Waals surface area contributed by atoms with E-state index in [1.807, 2.05) is 24.3 Å². The van der Waals surface area contributed by atoms with E-state index in [-0.39, 0.29) is 0 Å². The predicted molar refractivity (Wildman–Crippen MR) is 84.3 cm³/mol. The van der Waals surface area contributed by atoms with E-state index in [0.29, 0.717) is 5.75 Å². The van der Waals surface area contributed by atoms with Crippen LogP contribution in [0.1, 0.15) is 0 Å². The van der Waals surface area contributed by atoms with E-state index in [0.717, 1.165) is 10.8 Å². The first kappa shape index (κ1) is 17.7. The zero-order valence-corrected chi connectivity index (χ0v) is 13.0. The molecule has 0 fully saturated rings. The summed E-state index contributed by atoms with van der Waals surface area (Å²) in [5, 5.41) is 3.41. The molecule has 3 nitrogen and oxygen atoms in total. The molecule has 0 aliphatic carbocycles. The maximum absolute atomic E-state index is 13.5. The van der Waals surface area contributed by atoms with Crippen LogP contribution in [0.25, 0.3) is 10.8 Å². The number of hydrogen-bond donors (Lipinski definition) is 1. The molecule has 0 aromatic heterocycles. The predicted octanol–water partition coefficient (Wildman–Crippen LogP) is 4.55. The molecule has 0 saturated heterocycles. The molecule has 1 N–H and O–H groups in total. The maximum Gasteiger partial charge on any atom is 0.262 e. The number of ether oxygens (including phenoxy) is 1. The van der Waals surface area contributed by atoms with Gasteiger partial charge in [-0.25, -0.2) is 22.0 Å². The molecule has 0 bridgehead atoms. The average Bonchev–Trinajstić information content (AvgIpc) is 2.66. The molecule has 0 unspecified atom stereocenters. The number of hydrogen-bond acceptors (Lipinski definition) is 2. The van der Waals surface area contributed by atoms with Gasteiger partial charge >= 0.3 is 0 Å². The van der Waals surface area contributed by atoms with Crippen LogP contribution in [0, 0.1) is 29.1 Å². The highest BCUT2D eigenvalue weighted by Crippen LogP contribution is 2.27. The fourth-order valence-electron chi connectivity index (χ4n) is 2.30. The van der Waals surface area contributed by atoms with Crippen LogP contribution in [-0.2, 0) is 4.79 Å². The van der Waals surface area contributed by atoms with Crippen LogP contribution >= 0.6 is 0 Å². The summed E-state index contributed by atoms with van der Waals surface area (Å²) in [6.07, 6.45) is 0. The first-order valence-electron chi connectivity index (χ1n) is 7.31. The SMILES string of the molecule is O=C(COc1ccc2ccccc2c1)Nc1c(F)c(F)c(F)c(F)c1F. The molecule has 0 aliphatic heterocycles. The number of amides is 1. The molecule has 0 atom stereocenters. The Morgan fingerprint density at radius 1 is 0.808 bits per heavy atom. The smallest absolute Gasteiger partial charge is 0.262 e. The van der Waals surface area contributed by atoms with Crippen molar-refractivity contribution >= 4 is 22.4 Å². The lowest BCUT2D eigenvalue weighted by molar-refractivity contribution is -0.118. The third-order valence-electron chi connectivity index (χ3n) is 3.57. The van der Waals surface area contributed by atoms with E-state index in [9.17, 15) is 26.7 Å². The molecule has 0 heterocycles. The highest BCUT2D eigenvalue weighted by Gasteiger charge is 2.26. The zero-order valence-electron chi connectivity index (χ0n) is 13.0. The van der Waals surface area contributed by atoms with Crippen LogP contribution in [0.3, 0.4) is 0 Å². The summed E-state index contributed by atoms with van der Waals surface area (Å²) in [7, 11) is 0. The Labute approximate surface area is 144 Å². The second-order valence-corrected chi connectivity index (χ2v) is 5.29. The van der Waals surface area contributed by atoms with Gasteiger partial charge in [-0.3, -0.25) is 4.79 Å². The minimum absolute atomic E-state index is 0.302. The normalized spacial score (nSPS) is 10.8. The number of carbonyl (C=O) groups excluding carboxylic acids is 1. The van der Waals surface area contributed by atoms with E-state index < -0.39 is 47.3 Å². The molecular weight excluding hydrogens is 357 g/mol. The van der Waals surface area contributed by atoms with Gasteiger partial charge in [-0.2, -0.15) is 0 Å². The molecule has 0 radical (unpaired) electrons. The highest BCUT2D eigenvalue weighted by molar-refractivity contribution is 5.92. The molecule has 26 heavy (non-hydrogen) atoms. The number of benzene rings is 3. The molecule has 0 spiro atoms. The van der Waals surface area contributed by atoms with Gasteiger partial charge in [-0.1, -0.05) is 30.3 Å². The van der Waals surface area contributed by atoms with E-state index in [1.165, 1.54) is 0 Å². The van der Waals surface area contributed by atoms with E-state index >= 15 is 0 Å². The first-order chi connectivity index (χ1) is 12.4. The fourth-order valence-corrected chi connectivity index (χ4v) is 2.30. The van der Waals surface area contributed by atoms with Crippen molar-refractivity contribution in [2.24, 2.45) is 0 Å². The number of nitrogens with one attached hydrogen (secondary N) is 1. The quantitative estimate of drug-likeness (QED) is 0.417. The Hall–Kier alpha value is -3.16. The number of carbonyl (C=O) groups is 1. The van der Waals surface area contributed by atoms with Crippen LogP contribution in [0.5, 0.6) is 5.75 Å². The molecular formula is C18H10F5NO2. The lowest BCUT2D eigenvalue weighted by Gasteiger charge is -2.11. The second-order valence-electron chi connectivity index (χ2n) is 5.29. The standard InChI is InChI=1S/C18H10F5NO2/c19-13-14(20)16(22)18(17(23)15(13)21)24-12(25)8-26-11-6-5-9-3-1-2-4-10(9)7-11/h1-7H,8H2,(H,24,25). The van der Waals surface area contributed by atoms with Gasteiger partial charge in [-0.05, 0) is 22.9 Å². The molecule has 8 heteroatoms. The molecule has 1 amide bonds. The van der Waals surface area contributed by atoms with Gasteiger partial charge < -0.3 is 10.1 Å². The topological polar surface area (TPSA) is 38.3 Å². The minimum atomic E-state index is -2.30. The number of fused-ring (bicyclic) bond motifs is 1. The van der Waals surface area contributed by atoms with Crippen molar-refractivity contribution in [2.45, 2.75) is 0 Å². The molecule has 0 aliphatic rings. The van der Waals surface area contributed by atoms with Crippen molar-refractivity contribution in [3.8, 4) is 5.75 Å². The Balaban J connectivity index is 1.73. The molecule has 0 saturated carbocycles. The third-order valence-corrected chi connectivity index (χ3v) is 3.57. The minimum Gasteiger partial charge on any atom is -0.484 e. The van der Waals surface area contributed by atoms with Crippen molar-refractivity contribution in [3.05, 3.63) is 71.6 Å². The Bertz CT molecular complexity index is 977. The largest absolute Gasteiger partial charge is 0.484 e. The number of rotatable bonds is 4. The Morgan fingerprint density at radius 2 is 1.38 bits per heavy atom. The van der Waals surface area contributed by atoms with Crippen molar-refractivity contribution in [1.82, 2.24) is 0 Å². The third kappa shape index (κ3) is 3.30. The summed E-state index contributed by atoms with van der Waals surface area (Å²) >= 11 is 0. The molecule has 3 aromatic carbocycles. The van der Waals surface area contributed by atoms with Crippen molar-refractivity contribution in [3.63, 3.8) is 0 Å². The van der Waals surface area contributed by atoms with E-state index in [2.05, 4.69) is 0 Å². The summed E-state index contributed by atoms with van der Waals surface area (Å²) in [6.45, 7) is -0.683. The molecule has 134 valence electrons. The van der Waals surface area contributed by atoms with Gasteiger partial charge in [-0.15, -0.1) is 0 Å². The van der Waals surface area contributed by atoms with Gasteiger partial charge in [0, 0.05) is 0 Å². The van der Waals surface area contributed by atoms with Gasteiger partial charge in [0.05, 0.1) is 0 Å². The van der Waals surface area contributed by atoms with Crippen molar-refractivity contribution < 1.29 is 31.5 Å². The van der Waals surface area contributed by atoms with Crippen LogP contribution < -0.4 is 10.1 Å². The van der Waals surface area contributed by atoms with Crippen LogP contribution in [0.2, 0.25) is 0 Å². The highest BCUT2D eigenvalue weighted by atomic mass is 19.2. The lowest BCUT2D eigenvalue weighted by atomic mass is 10.1. The zero-order chi connectivity index (χ0) is 18.8. The Morgan fingerprint density at radius 3 is 2.04 bits per heavy atom. The average molecular weight is 367 g/mol. The number of halogens is 5. The summed E-state index contributed by atoms with van der Waals surface area (Å²) in [4.78, 5) is 11.8. The van der Waals surface area contributed by atoms with Crippen LogP contribution in [0.4, 0.5) is 27.6 Å². The maximum atomic E-state index is 13.5. The number of anilines is 1. The fraction of sp³-hybridized carbons (Fsp3) is 0.0556. The summed E-state index contributed by atoms with van der Waals surface area (Å²) in [6, 6.07) is 12.3. The first-order valence-corrected chi connectivity index (χ1v) is 7.31. The summed E-state index contributed by atoms with van der Waals surface area (Å²) in [5.74, 6) is -11.6. The lowest BCUT2D eigenvalue weighted by Crippen LogP contribution is -2.22. The van der Waals surface area contributed by atoms with Crippen LogP contribution in [0.15, 0.2) is 42.5 Å². The van der Waals surface area contributed by atoms with Gasteiger partial charge in [0.25, 0.3) is 5.91 Å². The monoisotopic (exact) mass is 367 g/mol. The summed E-state index contributed by atoms with van der Waals surface area (Å²) < 4.78 is 71.4. The molecule has 3 aromatic rings. The summed E-state index contributed by atoms with van der Waals surface area (Å²) in [5.41, 5.74) is -1.42. The van der Waals surface area contributed by atoms with Crippen LogP contribution in [-0.4, -0.2) is 12.5 Å². The van der Waals surface area contributed by atoms with Crippen molar-refractivity contribution in [2.75, 3.05) is 11.9 Å². The van der Waals surface area contributed by atoms with E-state index in [4.69, 9.17) is 4.74 Å². The van der Waals surface area contributed by atoms with Gasteiger partial charge in [0.15, 0.2) is 29.9 Å². The molecule has 3 rings (SSSR count). The van der Waals surface area contributed by atoms with E-state index in [1.54, 1.807) is 23.5 Å². The Kier molecular flexibility index (Phi) is 4.75. The second kappa shape index (κ2) is 6.99. The van der Waals surface area contributed by atoms with Crippen molar-refractivity contribution in [1.29, 1.82) is 0 Å². The van der Waals surface area contributed by atoms with Gasteiger partial charge in [0.1, 0.15) is 11.4 Å². The van der Waals surface area contributed by atoms with Gasteiger partial charge in [0.2, 0.25) is 5.82 Å².